The lowest BCUT2D eigenvalue weighted by atomic mass is 9.85. The summed E-state index contributed by atoms with van der Waals surface area (Å²) >= 11 is 9.52. The van der Waals surface area contributed by atoms with Gasteiger partial charge in [-0.2, -0.15) is 5.01 Å². The number of Topliss-reactive ketones (excluding diaryl/α,β-unsaturated/α-hetero) is 1. The molecular formula is C23H18BrClN2O4. The summed E-state index contributed by atoms with van der Waals surface area (Å²) in [4.78, 5) is 52.6. The Labute approximate surface area is 192 Å². The molecule has 2 atom stereocenters. The fourth-order valence-electron chi connectivity index (χ4n) is 3.89. The molecule has 2 aromatic carbocycles. The molecule has 2 aliphatic rings. The normalized spacial score (nSPS) is 20.0. The molecule has 8 heteroatoms. The average molecular weight is 502 g/mol. The van der Waals surface area contributed by atoms with Crippen molar-refractivity contribution in [1.29, 1.82) is 0 Å². The van der Waals surface area contributed by atoms with Gasteiger partial charge >= 0.3 is 0 Å². The van der Waals surface area contributed by atoms with Gasteiger partial charge in [0.2, 0.25) is 0 Å². The third-order valence-corrected chi connectivity index (χ3v) is 6.38. The zero-order valence-electron chi connectivity index (χ0n) is 16.3. The van der Waals surface area contributed by atoms with Crippen LogP contribution in [0.15, 0.2) is 65.2 Å². The highest BCUT2D eigenvalue weighted by Crippen LogP contribution is 2.36. The van der Waals surface area contributed by atoms with Crippen molar-refractivity contribution in [3.63, 3.8) is 0 Å². The van der Waals surface area contributed by atoms with Gasteiger partial charge in [0.15, 0.2) is 5.78 Å². The number of carbonyl (C=O) groups excluding carboxylic acids is 4. The first kappa shape index (κ1) is 21.5. The van der Waals surface area contributed by atoms with Crippen molar-refractivity contribution in [1.82, 2.24) is 10.0 Å². The van der Waals surface area contributed by atoms with Gasteiger partial charge in [-0.15, -0.1) is 0 Å². The summed E-state index contributed by atoms with van der Waals surface area (Å²) in [7, 11) is 0. The Morgan fingerprint density at radius 3 is 2.13 bits per heavy atom. The molecule has 0 bridgehead atoms. The molecule has 0 spiro atoms. The van der Waals surface area contributed by atoms with Gasteiger partial charge in [-0.05, 0) is 37.1 Å². The molecule has 31 heavy (non-hydrogen) atoms. The van der Waals surface area contributed by atoms with E-state index in [9.17, 15) is 19.2 Å². The van der Waals surface area contributed by atoms with Crippen LogP contribution in [0.5, 0.6) is 0 Å². The lowest BCUT2D eigenvalue weighted by Crippen LogP contribution is -2.52. The summed E-state index contributed by atoms with van der Waals surface area (Å²) in [5.41, 5.74) is 0.472. The van der Waals surface area contributed by atoms with E-state index in [2.05, 4.69) is 15.9 Å². The molecule has 0 saturated carbocycles. The van der Waals surface area contributed by atoms with Crippen molar-refractivity contribution in [2.24, 2.45) is 11.8 Å². The van der Waals surface area contributed by atoms with Gasteiger partial charge in [-0.1, -0.05) is 63.9 Å². The van der Waals surface area contributed by atoms with Gasteiger partial charge in [0.25, 0.3) is 17.7 Å². The van der Waals surface area contributed by atoms with Crippen molar-refractivity contribution < 1.29 is 19.2 Å². The maximum atomic E-state index is 13.4. The quantitative estimate of drug-likeness (QED) is 0.348. The number of ketones is 1. The Hall–Kier alpha value is -2.77. The number of hydrogen-bond donors (Lipinski definition) is 0. The third kappa shape index (κ3) is 4.07. The number of fused-ring (bicyclic) bond motifs is 1. The minimum absolute atomic E-state index is 0.112. The number of carbonyl (C=O) groups is 4. The topological polar surface area (TPSA) is 74.8 Å². The summed E-state index contributed by atoms with van der Waals surface area (Å²) in [6.45, 7) is -0.462. The van der Waals surface area contributed by atoms with Crippen LogP contribution in [0.25, 0.3) is 0 Å². The fraction of sp³-hybridized carbons (Fsp3) is 0.217. The SMILES string of the molecule is O=C(CN(C(=O)c1ccccc1Cl)N1C(=O)[C@H]2CC=CC[C@H]2C1=O)c1ccc(Br)cc1. The first-order valence-electron chi connectivity index (χ1n) is 9.76. The molecule has 1 saturated heterocycles. The van der Waals surface area contributed by atoms with Gasteiger partial charge < -0.3 is 0 Å². The summed E-state index contributed by atoms with van der Waals surface area (Å²) in [5, 5.41) is 1.96. The van der Waals surface area contributed by atoms with Crippen LogP contribution < -0.4 is 0 Å². The van der Waals surface area contributed by atoms with Crippen molar-refractivity contribution >= 4 is 51.0 Å². The van der Waals surface area contributed by atoms with Crippen LogP contribution in [0.3, 0.4) is 0 Å². The second kappa shape index (κ2) is 8.77. The highest BCUT2D eigenvalue weighted by molar-refractivity contribution is 9.10. The van der Waals surface area contributed by atoms with Crippen LogP contribution in [0.1, 0.15) is 33.6 Å². The Balaban J connectivity index is 1.70. The van der Waals surface area contributed by atoms with Gasteiger partial charge in [-0.3, -0.25) is 19.2 Å². The Morgan fingerprint density at radius 1 is 0.968 bits per heavy atom. The van der Waals surface area contributed by atoms with Crippen molar-refractivity contribution in [3.8, 4) is 0 Å². The van der Waals surface area contributed by atoms with Crippen molar-refractivity contribution in [2.75, 3.05) is 6.54 Å². The second-order valence-electron chi connectivity index (χ2n) is 7.42. The maximum absolute atomic E-state index is 13.4. The van der Waals surface area contributed by atoms with Gasteiger partial charge in [0.1, 0.15) is 6.54 Å². The number of imide groups is 1. The van der Waals surface area contributed by atoms with E-state index < -0.39 is 41.9 Å². The van der Waals surface area contributed by atoms with Gasteiger partial charge in [-0.25, -0.2) is 5.01 Å². The molecule has 0 aromatic heterocycles. The van der Waals surface area contributed by atoms with E-state index in [1.165, 1.54) is 6.07 Å². The van der Waals surface area contributed by atoms with E-state index in [1.807, 2.05) is 12.2 Å². The zero-order chi connectivity index (χ0) is 22.1. The van der Waals surface area contributed by atoms with Crippen LogP contribution in [0.2, 0.25) is 5.02 Å². The number of hydrogen-bond acceptors (Lipinski definition) is 4. The first-order valence-corrected chi connectivity index (χ1v) is 10.9. The Bertz CT molecular complexity index is 1070. The number of allylic oxidation sites excluding steroid dienone is 2. The van der Waals surface area contributed by atoms with Gasteiger partial charge in [0.05, 0.1) is 22.4 Å². The Morgan fingerprint density at radius 2 is 1.55 bits per heavy atom. The van der Waals surface area contributed by atoms with Crippen molar-refractivity contribution in [2.45, 2.75) is 12.8 Å². The molecule has 1 aliphatic carbocycles. The molecule has 4 rings (SSSR count). The molecule has 3 amide bonds. The second-order valence-corrected chi connectivity index (χ2v) is 8.74. The predicted octanol–water partition coefficient (Wildman–Crippen LogP) is 4.29. The monoisotopic (exact) mass is 500 g/mol. The van der Waals surface area contributed by atoms with E-state index in [1.54, 1.807) is 42.5 Å². The predicted molar refractivity (Wildman–Crippen MR) is 118 cm³/mol. The molecular weight excluding hydrogens is 484 g/mol. The van der Waals surface area contributed by atoms with E-state index in [4.69, 9.17) is 11.6 Å². The van der Waals surface area contributed by atoms with E-state index >= 15 is 0 Å². The molecule has 6 nitrogen and oxygen atoms in total. The van der Waals surface area contributed by atoms with Crippen LogP contribution in [-0.4, -0.2) is 40.1 Å². The number of benzene rings is 2. The average Bonchev–Trinajstić information content (AvgIpc) is 3.03. The highest BCUT2D eigenvalue weighted by atomic mass is 79.9. The summed E-state index contributed by atoms with van der Waals surface area (Å²) in [6, 6.07) is 13.0. The molecule has 0 N–H and O–H groups in total. The highest BCUT2D eigenvalue weighted by Gasteiger charge is 2.51. The van der Waals surface area contributed by atoms with E-state index in [-0.39, 0.29) is 10.6 Å². The summed E-state index contributed by atoms with van der Waals surface area (Å²) < 4.78 is 0.800. The van der Waals surface area contributed by atoms with E-state index in [0.717, 1.165) is 14.5 Å². The molecule has 158 valence electrons. The molecule has 0 unspecified atom stereocenters. The number of hydrazine groups is 1. The number of amides is 3. The number of halogens is 2. The zero-order valence-corrected chi connectivity index (χ0v) is 18.7. The summed E-state index contributed by atoms with van der Waals surface area (Å²) in [5.74, 6) is -3.07. The van der Waals surface area contributed by atoms with E-state index in [0.29, 0.717) is 18.4 Å². The molecule has 1 fully saturated rings. The van der Waals surface area contributed by atoms with Crippen LogP contribution in [0.4, 0.5) is 0 Å². The standard InChI is InChI=1S/C23H18BrClN2O4/c24-15-11-9-14(10-12-15)20(28)13-26(21(29)18-7-3-4-8-19(18)25)27-22(30)16-5-1-2-6-17(16)23(27)31/h1-4,7-12,16-17H,5-6,13H2/t16-,17+. The first-order chi connectivity index (χ1) is 14.9. The number of nitrogens with zero attached hydrogens (tertiary/aromatic N) is 2. The molecule has 2 aromatic rings. The third-order valence-electron chi connectivity index (χ3n) is 5.52. The maximum Gasteiger partial charge on any atom is 0.274 e. The lowest BCUT2D eigenvalue weighted by molar-refractivity contribution is -0.154. The fourth-order valence-corrected chi connectivity index (χ4v) is 4.37. The Kier molecular flexibility index (Phi) is 6.07. The minimum Gasteiger partial charge on any atom is -0.292 e. The van der Waals surface area contributed by atoms with Gasteiger partial charge in [0, 0.05) is 10.0 Å². The largest absolute Gasteiger partial charge is 0.292 e. The lowest BCUT2D eigenvalue weighted by Gasteiger charge is -2.30. The summed E-state index contributed by atoms with van der Waals surface area (Å²) in [6.07, 6.45) is 4.59. The van der Waals surface area contributed by atoms with Crippen LogP contribution in [-0.2, 0) is 9.59 Å². The number of rotatable bonds is 5. The molecule has 0 radical (unpaired) electrons. The molecule has 1 heterocycles. The van der Waals surface area contributed by atoms with Crippen LogP contribution >= 0.6 is 27.5 Å². The van der Waals surface area contributed by atoms with Crippen LogP contribution in [0, 0.1) is 11.8 Å². The smallest absolute Gasteiger partial charge is 0.274 e. The molecule has 1 aliphatic heterocycles. The van der Waals surface area contributed by atoms with Crippen molar-refractivity contribution in [3.05, 3.63) is 81.3 Å². The minimum atomic E-state index is -0.677.